The maximum Gasteiger partial charge on any atom is 2.00 e. The Balaban J connectivity index is -0.000000218. The normalized spacial score (nSPS) is 16.8. The molecule has 0 N–H and O–H groups in total. The monoisotopic (exact) mass is 342 g/mol. The van der Waals surface area contributed by atoms with E-state index in [4.69, 9.17) is 0 Å². The van der Waals surface area contributed by atoms with Crippen molar-refractivity contribution >= 4 is 15.6 Å². The van der Waals surface area contributed by atoms with Crippen LogP contribution < -0.4 is 9.79 Å². The summed E-state index contributed by atoms with van der Waals surface area (Å²) in [4.78, 5) is 20.4. The Kier molecular flexibility index (Phi) is 16.1. The molecule has 0 aromatic heterocycles. The fourth-order valence-corrected chi connectivity index (χ4v) is 1.26. The molecule has 2 atom stereocenters. The van der Waals surface area contributed by atoms with Crippen molar-refractivity contribution in [1.82, 2.24) is 0 Å². The Morgan fingerprint density at radius 2 is 1.12 bits per heavy atom. The molecule has 0 bridgehead atoms. The minimum Gasteiger partial charge on any atom is -0.756 e. The van der Waals surface area contributed by atoms with Crippen molar-refractivity contribution in [2.75, 3.05) is 27.4 Å². The first-order chi connectivity index (χ1) is 7.24. The van der Waals surface area contributed by atoms with E-state index in [-0.39, 0.29) is 32.7 Å². The molecular weight excluding hydrogens is 327 g/mol. The zero-order valence-corrected chi connectivity index (χ0v) is 15.0. The van der Waals surface area contributed by atoms with Crippen LogP contribution in [0.5, 0.6) is 0 Å². The standard InChI is InChI=1S/2C3H9O4P.Zn/c2*1-3-7-8(4,5)6-2;/h2*3H2,1-2H3,(H,4,5);/q;;+2/p-2. The number of phosphoric acid groups is 2. The summed E-state index contributed by atoms with van der Waals surface area (Å²) in [5.41, 5.74) is 0. The maximum absolute atomic E-state index is 10.2. The summed E-state index contributed by atoms with van der Waals surface area (Å²) in [6.45, 7) is 3.39. The van der Waals surface area contributed by atoms with Gasteiger partial charge in [-0.15, -0.1) is 0 Å². The molecule has 0 saturated heterocycles. The molecule has 0 fully saturated rings. The first-order valence-electron chi connectivity index (χ1n) is 4.27. The summed E-state index contributed by atoms with van der Waals surface area (Å²) in [5, 5.41) is 0. The summed E-state index contributed by atoms with van der Waals surface area (Å²) in [6.07, 6.45) is 0. The second kappa shape index (κ2) is 11.9. The average molecular weight is 344 g/mol. The number of hydrogen-bond donors (Lipinski definition) is 0. The molecule has 8 nitrogen and oxygen atoms in total. The van der Waals surface area contributed by atoms with Crippen LogP contribution in [0, 0.1) is 0 Å². The summed E-state index contributed by atoms with van der Waals surface area (Å²) in [6, 6.07) is 0. The number of phosphoric ester groups is 2. The van der Waals surface area contributed by atoms with Gasteiger partial charge in [-0.3, -0.25) is 9.13 Å². The van der Waals surface area contributed by atoms with Gasteiger partial charge in [0.05, 0.1) is 13.2 Å². The van der Waals surface area contributed by atoms with E-state index in [9.17, 15) is 18.9 Å². The number of hydrogen-bond acceptors (Lipinski definition) is 8. The smallest absolute Gasteiger partial charge is 0.756 e. The number of rotatable bonds is 6. The van der Waals surface area contributed by atoms with Crippen LogP contribution in [0.1, 0.15) is 13.8 Å². The Morgan fingerprint density at radius 3 is 1.18 bits per heavy atom. The van der Waals surface area contributed by atoms with Gasteiger partial charge in [0.15, 0.2) is 0 Å². The van der Waals surface area contributed by atoms with Crippen LogP contribution in [0.3, 0.4) is 0 Å². The fraction of sp³-hybridized carbons (Fsp3) is 1.00. The zero-order valence-electron chi connectivity index (χ0n) is 10.3. The van der Waals surface area contributed by atoms with Crippen LogP contribution in [0.15, 0.2) is 0 Å². The Labute approximate surface area is 114 Å². The molecule has 0 amide bonds. The molecule has 100 valence electrons. The molecule has 0 aromatic rings. The van der Waals surface area contributed by atoms with Crippen LogP contribution in [0.25, 0.3) is 0 Å². The second-order valence-electron chi connectivity index (χ2n) is 2.10. The van der Waals surface area contributed by atoms with Gasteiger partial charge in [0.2, 0.25) is 0 Å². The fourth-order valence-electron chi connectivity index (χ4n) is 0.422. The van der Waals surface area contributed by atoms with Crippen molar-refractivity contribution in [2.24, 2.45) is 0 Å². The third kappa shape index (κ3) is 16.8. The summed E-state index contributed by atoms with van der Waals surface area (Å²) < 4.78 is 36.6. The van der Waals surface area contributed by atoms with Crippen molar-refractivity contribution in [1.29, 1.82) is 0 Å². The van der Waals surface area contributed by atoms with Crippen molar-refractivity contribution < 1.29 is 56.5 Å². The van der Waals surface area contributed by atoms with Gasteiger partial charge >= 0.3 is 19.5 Å². The zero-order chi connectivity index (χ0) is 13.2. The quantitative estimate of drug-likeness (QED) is 0.498. The Morgan fingerprint density at radius 1 is 0.882 bits per heavy atom. The largest absolute Gasteiger partial charge is 2.00 e. The van der Waals surface area contributed by atoms with E-state index < -0.39 is 15.6 Å². The molecule has 0 aromatic carbocycles. The molecule has 2 unspecified atom stereocenters. The van der Waals surface area contributed by atoms with E-state index in [0.29, 0.717) is 0 Å². The van der Waals surface area contributed by atoms with Crippen molar-refractivity contribution in [3.63, 3.8) is 0 Å². The molecule has 0 radical (unpaired) electrons. The Bertz CT molecular complexity index is 234. The molecule has 11 heteroatoms. The predicted molar refractivity (Wildman–Crippen MR) is 52.5 cm³/mol. The van der Waals surface area contributed by atoms with Gasteiger partial charge in [-0.1, -0.05) is 0 Å². The molecule has 0 saturated carbocycles. The van der Waals surface area contributed by atoms with E-state index in [0.717, 1.165) is 14.2 Å². The molecule has 0 aliphatic heterocycles. The molecule has 17 heavy (non-hydrogen) atoms. The second-order valence-corrected chi connectivity index (χ2v) is 5.13. The van der Waals surface area contributed by atoms with Gasteiger partial charge in [-0.05, 0) is 13.8 Å². The van der Waals surface area contributed by atoms with E-state index in [2.05, 4.69) is 18.1 Å². The average Bonchev–Trinajstić information content (AvgIpc) is 2.19. The molecule has 0 aliphatic rings. The third-order valence-corrected chi connectivity index (χ3v) is 3.06. The van der Waals surface area contributed by atoms with Crippen LogP contribution in [-0.2, 0) is 46.7 Å². The SMILES string of the molecule is CCOP(=O)([O-])OC.CCOP(=O)([O-])OC.[Zn+2]. The molecular formula is C6H16O8P2Zn. The molecule has 0 aliphatic carbocycles. The molecule has 0 rings (SSSR count). The minimum absolute atomic E-state index is 0. The van der Waals surface area contributed by atoms with E-state index in [1.54, 1.807) is 13.8 Å². The molecule has 0 heterocycles. The topological polar surface area (TPSA) is 117 Å². The van der Waals surface area contributed by atoms with Gasteiger partial charge in [0.1, 0.15) is 0 Å². The first-order valence-corrected chi connectivity index (χ1v) is 7.19. The third-order valence-electron chi connectivity index (χ3n) is 1.02. The van der Waals surface area contributed by atoms with Gasteiger partial charge in [0, 0.05) is 14.2 Å². The van der Waals surface area contributed by atoms with Crippen LogP contribution in [-0.4, -0.2) is 27.4 Å². The van der Waals surface area contributed by atoms with Crippen LogP contribution in [0.2, 0.25) is 0 Å². The van der Waals surface area contributed by atoms with Crippen molar-refractivity contribution in [3.05, 3.63) is 0 Å². The van der Waals surface area contributed by atoms with Crippen molar-refractivity contribution in [3.8, 4) is 0 Å². The first kappa shape index (κ1) is 23.0. The van der Waals surface area contributed by atoms with Crippen LogP contribution in [0.4, 0.5) is 0 Å². The Hall–Kier alpha value is 0.843. The maximum atomic E-state index is 10.2. The van der Waals surface area contributed by atoms with Gasteiger partial charge in [0.25, 0.3) is 15.6 Å². The minimum atomic E-state index is -3.92. The van der Waals surface area contributed by atoms with Gasteiger partial charge < -0.3 is 27.9 Å². The summed E-state index contributed by atoms with van der Waals surface area (Å²) in [5.74, 6) is 0. The van der Waals surface area contributed by atoms with E-state index in [1.807, 2.05) is 0 Å². The van der Waals surface area contributed by atoms with E-state index >= 15 is 0 Å². The summed E-state index contributed by atoms with van der Waals surface area (Å²) >= 11 is 0. The van der Waals surface area contributed by atoms with Gasteiger partial charge in [-0.25, -0.2) is 0 Å². The predicted octanol–water partition coefficient (Wildman–Crippen LogP) is 0.273. The van der Waals surface area contributed by atoms with Gasteiger partial charge in [-0.2, -0.15) is 0 Å². The van der Waals surface area contributed by atoms with Crippen LogP contribution >= 0.6 is 15.6 Å². The summed E-state index contributed by atoms with van der Waals surface area (Å²) in [7, 11) is -5.73. The van der Waals surface area contributed by atoms with Crippen molar-refractivity contribution in [2.45, 2.75) is 13.8 Å². The molecule has 0 spiro atoms. The van der Waals surface area contributed by atoms with E-state index in [1.165, 1.54) is 0 Å².